The highest BCUT2D eigenvalue weighted by atomic mass is 16.6. The van der Waals surface area contributed by atoms with E-state index in [9.17, 15) is 20.2 Å². The van der Waals surface area contributed by atoms with Crippen LogP contribution in [0.4, 0.5) is 11.4 Å². The zero-order valence-electron chi connectivity index (χ0n) is 14.2. The molecule has 10 nitrogen and oxygen atoms in total. The minimum Gasteiger partial charge on any atom is -0.497 e. The third-order valence-electron chi connectivity index (χ3n) is 3.38. The van der Waals surface area contributed by atoms with Crippen LogP contribution in [0.1, 0.15) is 12.5 Å². The quantitative estimate of drug-likeness (QED) is 0.420. The second kappa shape index (κ2) is 7.92. The Labute approximate surface area is 147 Å². The van der Waals surface area contributed by atoms with Gasteiger partial charge in [-0.15, -0.1) is 0 Å². The van der Waals surface area contributed by atoms with Gasteiger partial charge in [-0.3, -0.25) is 20.2 Å². The third kappa shape index (κ3) is 4.23. The Bertz CT molecular complexity index is 848. The molecule has 0 aromatic heterocycles. The van der Waals surface area contributed by atoms with Gasteiger partial charge in [0, 0.05) is 5.56 Å². The summed E-state index contributed by atoms with van der Waals surface area (Å²) < 4.78 is 10.4. The summed E-state index contributed by atoms with van der Waals surface area (Å²) in [5.41, 5.74) is 0.0173. The number of oxime groups is 1. The standard InChI is InChI=1S/C16H15N3O7/c1-10(15-9-13(24-2)4-5-16(15)25-3)17-26-14-7-11(18(20)21)6-12(8-14)19(22)23/h4-9H,1-3H3/b17-10-. The number of hydrogen-bond donors (Lipinski definition) is 0. The molecule has 10 heteroatoms. The maximum absolute atomic E-state index is 10.9. The van der Waals surface area contributed by atoms with Crippen LogP contribution >= 0.6 is 0 Å². The van der Waals surface area contributed by atoms with Crippen molar-refractivity contribution in [3.8, 4) is 17.2 Å². The minimum absolute atomic E-state index is 0.132. The Kier molecular flexibility index (Phi) is 5.68. The van der Waals surface area contributed by atoms with Crippen molar-refractivity contribution in [1.82, 2.24) is 0 Å². The minimum atomic E-state index is -0.748. The van der Waals surface area contributed by atoms with Crippen LogP contribution < -0.4 is 14.3 Å². The molecule has 0 aliphatic rings. The molecule has 0 radical (unpaired) electrons. The van der Waals surface area contributed by atoms with E-state index in [1.165, 1.54) is 14.2 Å². The summed E-state index contributed by atoms with van der Waals surface area (Å²) in [5, 5.41) is 25.7. The number of non-ortho nitro benzene ring substituents is 2. The van der Waals surface area contributed by atoms with Crippen molar-refractivity contribution < 1.29 is 24.2 Å². The summed E-state index contributed by atoms with van der Waals surface area (Å²) in [5.74, 6) is 0.953. The van der Waals surface area contributed by atoms with E-state index in [0.29, 0.717) is 22.8 Å². The van der Waals surface area contributed by atoms with Crippen molar-refractivity contribution in [2.45, 2.75) is 6.92 Å². The van der Waals surface area contributed by atoms with Gasteiger partial charge in [-0.25, -0.2) is 0 Å². The van der Waals surface area contributed by atoms with Crippen LogP contribution in [0.5, 0.6) is 17.2 Å². The van der Waals surface area contributed by atoms with Crippen LogP contribution in [-0.4, -0.2) is 29.8 Å². The van der Waals surface area contributed by atoms with E-state index in [-0.39, 0.29) is 5.75 Å². The number of methoxy groups -OCH3 is 2. The third-order valence-corrected chi connectivity index (χ3v) is 3.38. The molecule has 2 aromatic rings. The van der Waals surface area contributed by atoms with Gasteiger partial charge >= 0.3 is 0 Å². The lowest BCUT2D eigenvalue weighted by Crippen LogP contribution is -2.02. The van der Waals surface area contributed by atoms with Crippen molar-refractivity contribution in [3.05, 3.63) is 62.2 Å². The van der Waals surface area contributed by atoms with E-state index < -0.39 is 21.2 Å². The van der Waals surface area contributed by atoms with Gasteiger partial charge in [-0.2, -0.15) is 0 Å². The van der Waals surface area contributed by atoms with Gasteiger partial charge < -0.3 is 14.3 Å². The lowest BCUT2D eigenvalue weighted by molar-refractivity contribution is -0.394. The summed E-state index contributed by atoms with van der Waals surface area (Å²) in [6, 6.07) is 8.01. The molecule has 0 heterocycles. The Balaban J connectivity index is 2.37. The summed E-state index contributed by atoms with van der Waals surface area (Å²) in [4.78, 5) is 25.5. The molecule has 0 unspecified atom stereocenters. The average molecular weight is 361 g/mol. The monoisotopic (exact) mass is 361 g/mol. The second-order valence-corrected chi connectivity index (χ2v) is 5.03. The predicted octanol–water partition coefficient (Wildman–Crippen LogP) is 3.32. The van der Waals surface area contributed by atoms with Crippen molar-refractivity contribution in [2.75, 3.05) is 14.2 Å². The Morgan fingerprint density at radius 1 is 0.923 bits per heavy atom. The highest BCUT2D eigenvalue weighted by Gasteiger charge is 2.18. The number of benzene rings is 2. The normalized spacial score (nSPS) is 11.0. The molecule has 0 saturated heterocycles. The van der Waals surface area contributed by atoms with Gasteiger partial charge in [0.2, 0.25) is 0 Å². The van der Waals surface area contributed by atoms with Crippen LogP contribution in [0.3, 0.4) is 0 Å². The molecule has 0 fully saturated rings. The van der Waals surface area contributed by atoms with E-state index >= 15 is 0 Å². The first-order valence-electron chi connectivity index (χ1n) is 7.23. The molecule has 2 rings (SSSR count). The second-order valence-electron chi connectivity index (χ2n) is 5.03. The lowest BCUT2D eigenvalue weighted by atomic mass is 10.1. The maximum Gasteiger partial charge on any atom is 0.280 e. The van der Waals surface area contributed by atoms with Gasteiger partial charge in [0.05, 0.1) is 48.0 Å². The van der Waals surface area contributed by atoms with Crippen molar-refractivity contribution in [2.24, 2.45) is 5.16 Å². The van der Waals surface area contributed by atoms with Crippen molar-refractivity contribution >= 4 is 17.1 Å². The van der Waals surface area contributed by atoms with E-state index in [1.807, 2.05) is 0 Å². The first-order chi connectivity index (χ1) is 12.3. The molecule has 2 aromatic carbocycles. The van der Waals surface area contributed by atoms with Crippen molar-refractivity contribution in [1.29, 1.82) is 0 Å². The molecule has 0 bridgehead atoms. The van der Waals surface area contributed by atoms with Gasteiger partial charge in [0.1, 0.15) is 11.5 Å². The Morgan fingerprint density at radius 3 is 2.04 bits per heavy atom. The van der Waals surface area contributed by atoms with Crippen LogP contribution in [0, 0.1) is 20.2 Å². The largest absolute Gasteiger partial charge is 0.497 e. The molecular formula is C16H15N3O7. The maximum atomic E-state index is 10.9. The summed E-state index contributed by atoms with van der Waals surface area (Å²) in [7, 11) is 3.00. The predicted molar refractivity (Wildman–Crippen MR) is 92.1 cm³/mol. The molecule has 0 atom stereocenters. The number of hydrogen-bond acceptors (Lipinski definition) is 8. The Morgan fingerprint density at radius 2 is 1.54 bits per heavy atom. The fourth-order valence-corrected chi connectivity index (χ4v) is 2.10. The summed E-state index contributed by atoms with van der Waals surface area (Å²) in [6.45, 7) is 1.63. The number of rotatable bonds is 7. The number of ether oxygens (including phenoxy) is 2. The lowest BCUT2D eigenvalue weighted by Gasteiger charge is -2.10. The summed E-state index contributed by atoms with van der Waals surface area (Å²) >= 11 is 0. The highest BCUT2D eigenvalue weighted by molar-refractivity contribution is 6.01. The smallest absolute Gasteiger partial charge is 0.280 e. The molecule has 0 spiro atoms. The zero-order valence-corrected chi connectivity index (χ0v) is 14.2. The number of nitro groups is 2. The van der Waals surface area contributed by atoms with Gasteiger partial charge in [0.25, 0.3) is 11.4 Å². The van der Waals surface area contributed by atoms with E-state index in [4.69, 9.17) is 14.3 Å². The van der Waals surface area contributed by atoms with Gasteiger partial charge in [-0.05, 0) is 25.1 Å². The molecule has 26 heavy (non-hydrogen) atoms. The van der Waals surface area contributed by atoms with E-state index in [1.54, 1.807) is 25.1 Å². The molecule has 0 aliphatic carbocycles. The first kappa shape index (κ1) is 18.6. The summed E-state index contributed by atoms with van der Waals surface area (Å²) in [6.07, 6.45) is 0. The number of nitro benzene ring substituents is 2. The van der Waals surface area contributed by atoms with E-state index in [2.05, 4.69) is 5.16 Å². The average Bonchev–Trinajstić information content (AvgIpc) is 2.65. The fourth-order valence-electron chi connectivity index (χ4n) is 2.10. The number of nitrogens with zero attached hydrogens (tertiary/aromatic N) is 3. The topological polar surface area (TPSA) is 126 Å². The molecule has 0 aliphatic heterocycles. The van der Waals surface area contributed by atoms with Crippen molar-refractivity contribution in [3.63, 3.8) is 0 Å². The van der Waals surface area contributed by atoms with Crippen LogP contribution in [0.25, 0.3) is 0 Å². The molecule has 0 saturated carbocycles. The van der Waals surface area contributed by atoms with Gasteiger partial charge in [0.15, 0.2) is 5.75 Å². The van der Waals surface area contributed by atoms with Crippen LogP contribution in [-0.2, 0) is 0 Å². The van der Waals surface area contributed by atoms with Gasteiger partial charge in [-0.1, -0.05) is 5.16 Å². The highest BCUT2D eigenvalue weighted by Crippen LogP contribution is 2.28. The Hall–Kier alpha value is -3.69. The first-order valence-corrected chi connectivity index (χ1v) is 7.23. The molecular weight excluding hydrogens is 346 g/mol. The van der Waals surface area contributed by atoms with E-state index in [0.717, 1.165) is 18.2 Å². The molecule has 0 N–H and O–H groups in total. The van der Waals surface area contributed by atoms with Crippen LogP contribution in [0.15, 0.2) is 41.6 Å². The SMILES string of the molecule is COc1ccc(OC)c(/C(C)=N\Oc2cc([N+](=O)[O-])cc([N+](=O)[O-])c2)c1. The fraction of sp³-hybridized carbons (Fsp3) is 0.188. The molecule has 0 amide bonds. The van der Waals surface area contributed by atoms with Crippen LogP contribution in [0.2, 0.25) is 0 Å². The zero-order chi connectivity index (χ0) is 19.3. The molecule has 136 valence electrons.